The molecule has 0 aliphatic heterocycles. The fourth-order valence-electron chi connectivity index (χ4n) is 3.73. The number of nitrogens with zero attached hydrogens (tertiary/aromatic N) is 1. The molecule has 3 aromatic rings. The summed E-state index contributed by atoms with van der Waals surface area (Å²) in [6, 6.07) is 14.8. The lowest BCUT2D eigenvalue weighted by atomic mass is 10.1. The predicted octanol–water partition coefficient (Wildman–Crippen LogP) is 5.08. The first-order valence-corrected chi connectivity index (χ1v) is 12.6. The summed E-state index contributed by atoms with van der Waals surface area (Å²) in [5.74, 6) is -0.918. The van der Waals surface area contributed by atoms with Crippen LogP contribution in [-0.2, 0) is 11.2 Å². The fourth-order valence-corrected chi connectivity index (χ4v) is 3.73. The van der Waals surface area contributed by atoms with Gasteiger partial charge < -0.3 is 35.4 Å². The van der Waals surface area contributed by atoms with E-state index in [0.717, 1.165) is 0 Å². The second kappa shape index (κ2) is 13.8. The Morgan fingerprint density at radius 3 is 2.35 bits per heavy atom. The molecule has 11 heteroatoms. The van der Waals surface area contributed by atoms with Crippen LogP contribution in [0.25, 0.3) is 0 Å². The number of carboxylic acid groups (broad SMARTS) is 1. The van der Waals surface area contributed by atoms with Crippen LogP contribution in [0.15, 0.2) is 60.7 Å². The molecular formula is C29H33FN4O6. The first-order valence-electron chi connectivity index (χ1n) is 12.6. The Labute approximate surface area is 232 Å². The molecule has 40 heavy (non-hydrogen) atoms. The highest BCUT2D eigenvalue weighted by Gasteiger charge is 2.15. The normalized spacial score (nSPS) is 10.6. The second-order valence-corrected chi connectivity index (χ2v) is 9.25. The maximum atomic E-state index is 13.8. The molecule has 0 heterocycles. The van der Waals surface area contributed by atoms with Crippen LogP contribution >= 0.6 is 0 Å². The molecule has 3 rings (SSSR count). The van der Waals surface area contributed by atoms with Gasteiger partial charge in [-0.3, -0.25) is 4.79 Å². The summed E-state index contributed by atoms with van der Waals surface area (Å²) in [7, 11) is 3.10. The molecule has 0 fully saturated rings. The van der Waals surface area contributed by atoms with Crippen molar-refractivity contribution in [1.82, 2.24) is 4.90 Å². The molecular weight excluding hydrogens is 519 g/mol. The highest BCUT2D eigenvalue weighted by Crippen LogP contribution is 2.28. The number of para-hydroxylation sites is 1. The first kappa shape index (κ1) is 29.8. The minimum Gasteiger partial charge on any atom is -0.495 e. The number of hydrogen-bond donors (Lipinski definition) is 4. The maximum absolute atomic E-state index is 13.8. The van der Waals surface area contributed by atoms with Gasteiger partial charge in [0, 0.05) is 13.1 Å². The number of aromatic carboxylic acids is 1. The van der Waals surface area contributed by atoms with Crippen LogP contribution in [0.2, 0.25) is 0 Å². The number of rotatable bonds is 12. The van der Waals surface area contributed by atoms with Crippen LogP contribution in [0.3, 0.4) is 0 Å². The van der Waals surface area contributed by atoms with Crippen LogP contribution in [0, 0.1) is 5.82 Å². The van der Waals surface area contributed by atoms with Gasteiger partial charge in [0.1, 0.15) is 23.9 Å². The number of anilines is 3. The number of amides is 3. The van der Waals surface area contributed by atoms with Gasteiger partial charge in [-0.05, 0) is 61.9 Å². The molecule has 0 atom stereocenters. The molecule has 0 saturated heterocycles. The van der Waals surface area contributed by atoms with Gasteiger partial charge in [-0.2, -0.15) is 0 Å². The number of methoxy groups -OCH3 is 1. The number of benzene rings is 3. The summed E-state index contributed by atoms with van der Waals surface area (Å²) in [5.41, 5.74) is 1.77. The predicted molar refractivity (Wildman–Crippen MR) is 151 cm³/mol. The third-order valence-electron chi connectivity index (χ3n) is 5.77. The van der Waals surface area contributed by atoms with Crippen LogP contribution in [0.5, 0.6) is 11.5 Å². The number of hydrogen-bond acceptors (Lipinski definition) is 6. The molecule has 0 unspecified atom stereocenters. The van der Waals surface area contributed by atoms with Crippen LogP contribution < -0.4 is 25.4 Å². The Balaban J connectivity index is 1.56. The smallest absolute Gasteiger partial charge is 0.335 e. The van der Waals surface area contributed by atoms with E-state index < -0.39 is 17.8 Å². The summed E-state index contributed by atoms with van der Waals surface area (Å²) in [5, 5.41) is 17.5. The molecule has 0 radical (unpaired) electrons. The molecule has 10 nitrogen and oxygen atoms in total. The van der Waals surface area contributed by atoms with E-state index in [1.54, 1.807) is 37.4 Å². The summed E-state index contributed by atoms with van der Waals surface area (Å²) in [6.07, 6.45) is 0.0853. The fraction of sp³-hybridized carbons (Fsp3) is 0.276. The van der Waals surface area contributed by atoms with Crippen LogP contribution in [-0.4, -0.2) is 61.3 Å². The monoisotopic (exact) mass is 552 g/mol. The van der Waals surface area contributed by atoms with Gasteiger partial charge in [-0.1, -0.05) is 18.2 Å². The Morgan fingerprint density at radius 1 is 0.950 bits per heavy atom. The zero-order chi connectivity index (χ0) is 29.2. The van der Waals surface area contributed by atoms with Gasteiger partial charge in [0.25, 0.3) is 0 Å². The molecule has 3 amide bonds. The minimum atomic E-state index is -1.03. The quantitative estimate of drug-likeness (QED) is 0.247. The number of halogens is 1. The van der Waals surface area contributed by atoms with Gasteiger partial charge in [-0.25, -0.2) is 14.0 Å². The van der Waals surface area contributed by atoms with E-state index in [2.05, 4.69) is 16.0 Å². The number of carbonyl (C=O) groups is 3. The number of ether oxygens (including phenoxy) is 2. The molecule has 0 spiro atoms. The third-order valence-corrected chi connectivity index (χ3v) is 5.77. The average molecular weight is 553 g/mol. The van der Waals surface area contributed by atoms with Gasteiger partial charge in [0.05, 0.1) is 42.7 Å². The van der Waals surface area contributed by atoms with Gasteiger partial charge >= 0.3 is 12.0 Å². The van der Waals surface area contributed by atoms with Gasteiger partial charge in [0.2, 0.25) is 5.91 Å². The Hall–Kier alpha value is -4.80. The summed E-state index contributed by atoms with van der Waals surface area (Å²) in [4.78, 5) is 38.0. The van der Waals surface area contributed by atoms with Crippen molar-refractivity contribution in [3.8, 4) is 11.5 Å². The average Bonchev–Trinajstić information content (AvgIpc) is 2.91. The van der Waals surface area contributed by atoms with E-state index in [4.69, 9.17) is 9.47 Å². The highest BCUT2D eigenvalue weighted by molar-refractivity contribution is 6.00. The first-order chi connectivity index (χ1) is 19.1. The van der Waals surface area contributed by atoms with Gasteiger partial charge in [-0.15, -0.1) is 0 Å². The van der Waals surface area contributed by atoms with Crippen molar-refractivity contribution in [2.24, 2.45) is 0 Å². The molecule has 0 bridgehead atoms. The zero-order valence-corrected chi connectivity index (χ0v) is 22.8. The Morgan fingerprint density at radius 2 is 1.68 bits per heavy atom. The van der Waals surface area contributed by atoms with E-state index >= 15 is 0 Å². The lowest BCUT2D eigenvalue weighted by Crippen LogP contribution is -2.32. The zero-order valence-electron chi connectivity index (χ0n) is 22.8. The maximum Gasteiger partial charge on any atom is 0.335 e. The summed E-state index contributed by atoms with van der Waals surface area (Å²) < 4.78 is 25.0. The van der Waals surface area contributed by atoms with Crippen molar-refractivity contribution in [3.05, 3.63) is 77.6 Å². The SMILES string of the molecule is COc1cc(CC(=O)N(C)CCOc2ccc(C(=O)O)cc2NC(C)C)ccc1NC(=O)Nc1ccccc1F. The molecule has 0 aliphatic carbocycles. The van der Waals surface area contributed by atoms with E-state index in [1.807, 2.05) is 13.8 Å². The molecule has 0 aromatic heterocycles. The molecule has 0 saturated carbocycles. The Bertz CT molecular complexity index is 1360. The summed E-state index contributed by atoms with van der Waals surface area (Å²) in [6.45, 7) is 4.36. The third kappa shape index (κ3) is 8.35. The van der Waals surface area contributed by atoms with E-state index in [0.29, 0.717) is 35.0 Å². The second-order valence-electron chi connectivity index (χ2n) is 9.25. The van der Waals surface area contributed by atoms with Crippen molar-refractivity contribution < 1.29 is 33.4 Å². The van der Waals surface area contributed by atoms with Crippen molar-refractivity contribution in [1.29, 1.82) is 0 Å². The topological polar surface area (TPSA) is 129 Å². The summed E-state index contributed by atoms with van der Waals surface area (Å²) >= 11 is 0. The Kier molecular flexibility index (Phi) is 10.3. The van der Waals surface area contributed by atoms with Crippen molar-refractivity contribution >= 4 is 35.0 Å². The number of urea groups is 1. The molecule has 212 valence electrons. The van der Waals surface area contributed by atoms with Crippen molar-refractivity contribution in [3.63, 3.8) is 0 Å². The molecule has 0 aliphatic rings. The lowest BCUT2D eigenvalue weighted by Gasteiger charge is -2.20. The molecule has 3 aromatic carbocycles. The number of carboxylic acids is 1. The van der Waals surface area contributed by atoms with E-state index in [9.17, 15) is 23.9 Å². The van der Waals surface area contributed by atoms with E-state index in [-0.39, 0.29) is 36.2 Å². The highest BCUT2D eigenvalue weighted by atomic mass is 19.1. The van der Waals surface area contributed by atoms with Crippen molar-refractivity contribution in [2.45, 2.75) is 26.3 Å². The number of carbonyl (C=O) groups excluding carboxylic acids is 2. The van der Waals surface area contributed by atoms with Crippen molar-refractivity contribution in [2.75, 3.05) is 43.3 Å². The van der Waals surface area contributed by atoms with E-state index in [1.165, 1.54) is 42.3 Å². The number of likely N-dealkylation sites (N-methyl/N-ethyl adjacent to an activating group) is 1. The molecule has 4 N–H and O–H groups in total. The number of nitrogens with one attached hydrogen (secondary N) is 3. The lowest BCUT2D eigenvalue weighted by molar-refractivity contribution is -0.129. The van der Waals surface area contributed by atoms with Crippen LogP contribution in [0.4, 0.5) is 26.2 Å². The largest absolute Gasteiger partial charge is 0.495 e. The standard InChI is InChI=1S/C29H33FN4O6/c1-18(2)31-24-17-20(28(36)37)10-12-25(24)40-14-13-34(3)27(35)16-19-9-11-23(26(15-19)39-4)33-29(38)32-22-8-6-5-7-21(22)30/h5-12,15,17-18,31H,13-14,16H2,1-4H3,(H,36,37)(H2,32,33,38). The minimum absolute atomic E-state index is 0.0397. The van der Waals surface area contributed by atoms with Gasteiger partial charge in [0.15, 0.2) is 0 Å². The van der Waals surface area contributed by atoms with Crippen LogP contribution in [0.1, 0.15) is 29.8 Å².